The summed E-state index contributed by atoms with van der Waals surface area (Å²) in [7, 11) is 1.80. The smallest absolute Gasteiger partial charge is 0.202 e. The van der Waals surface area contributed by atoms with Crippen LogP contribution in [0.1, 0.15) is 58.8 Å². The number of ether oxygens (including phenoxy) is 1. The molecule has 4 aliphatic rings. The molecule has 23 heavy (non-hydrogen) atoms. The molecule has 6 atom stereocenters. The summed E-state index contributed by atoms with van der Waals surface area (Å²) in [5, 5.41) is 0. The van der Waals surface area contributed by atoms with E-state index < -0.39 is 0 Å². The zero-order valence-corrected chi connectivity index (χ0v) is 14.6. The summed E-state index contributed by atoms with van der Waals surface area (Å²) in [4.78, 5) is 24.7. The van der Waals surface area contributed by atoms with Crippen LogP contribution in [-0.4, -0.2) is 24.8 Å². The fourth-order valence-electron chi connectivity index (χ4n) is 6.50. The Bertz CT molecular complexity index is 592. The second-order valence-electron chi connectivity index (χ2n) is 8.87. The molecule has 3 saturated carbocycles. The Hall–Kier alpha value is -0.960. The van der Waals surface area contributed by atoms with E-state index in [1.807, 2.05) is 0 Å². The van der Waals surface area contributed by atoms with Crippen LogP contribution >= 0.6 is 0 Å². The molecule has 3 heteroatoms. The zero-order valence-electron chi connectivity index (χ0n) is 14.6. The van der Waals surface area contributed by atoms with Crippen molar-refractivity contribution in [2.24, 2.45) is 28.6 Å². The van der Waals surface area contributed by atoms with E-state index in [-0.39, 0.29) is 34.4 Å². The summed E-state index contributed by atoms with van der Waals surface area (Å²) in [5.74, 6) is 0.811. The number of Topliss-reactive ketones (excluding diaryl/α,β-unsaturated/α-hetero) is 2. The van der Waals surface area contributed by atoms with Crippen molar-refractivity contribution in [1.82, 2.24) is 0 Å². The highest BCUT2D eigenvalue weighted by atomic mass is 16.5. The second-order valence-corrected chi connectivity index (χ2v) is 8.87. The first-order valence-corrected chi connectivity index (χ1v) is 9.20. The Kier molecular flexibility index (Phi) is 3.39. The topological polar surface area (TPSA) is 43.4 Å². The van der Waals surface area contributed by atoms with Gasteiger partial charge in [-0.3, -0.25) is 9.59 Å². The lowest BCUT2D eigenvalue weighted by molar-refractivity contribution is -0.139. The van der Waals surface area contributed by atoms with Gasteiger partial charge >= 0.3 is 0 Å². The lowest BCUT2D eigenvalue weighted by atomic mass is 9.47. The summed E-state index contributed by atoms with van der Waals surface area (Å²) in [5.41, 5.74) is 1.71. The summed E-state index contributed by atoms with van der Waals surface area (Å²) < 4.78 is 5.56. The standard InChI is InChI=1S/C20H28O3/c1-19-8-7-15-14(17(19)18(22)16(21)11-19)5-4-12-10-13(23-3)6-9-20(12,15)2/h10,13-15,17H,4-9,11H2,1-3H3/t13?,14-,15+,17-,19-,20+/m1/s1. The molecule has 0 heterocycles. The van der Waals surface area contributed by atoms with Crippen LogP contribution in [0, 0.1) is 28.6 Å². The molecular weight excluding hydrogens is 288 g/mol. The van der Waals surface area contributed by atoms with Crippen LogP contribution in [0.5, 0.6) is 0 Å². The molecule has 0 amide bonds. The normalized spacial score (nSPS) is 49.3. The molecule has 0 bridgehead atoms. The molecular formula is C20H28O3. The minimum Gasteiger partial charge on any atom is -0.377 e. The molecule has 0 saturated heterocycles. The molecule has 0 aromatic rings. The molecule has 3 nitrogen and oxygen atoms in total. The molecule has 0 aromatic heterocycles. The van der Waals surface area contributed by atoms with Gasteiger partial charge in [-0.2, -0.15) is 0 Å². The van der Waals surface area contributed by atoms with Crippen molar-refractivity contribution in [3.05, 3.63) is 11.6 Å². The van der Waals surface area contributed by atoms with Gasteiger partial charge in [-0.1, -0.05) is 25.5 Å². The lowest BCUT2D eigenvalue weighted by Gasteiger charge is -2.57. The highest BCUT2D eigenvalue weighted by molar-refractivity contribution is 6.40. The van der Waals surface area contributed by atoms with Crippen LogP contribution in [0.25, 0.3) is 0 Å². The van der Waals surface area contributed by atoms with Gasteiger partial charge in [-0.15, -0.1) is 0 Å². The summed E-state index contributed by atoms with van der Waals surface area (Å²) in [6.07, 6.45) is 9.70. The number of hydrogen-bond acceptors (Lipinski definition) is 3. The van der Waals surface area contributed by atoms with Crippen LogP contribution in [0.2, 0.25) is 0 Å². The van der Waals surface area contributed by atoms with E-state index in [0.717, 1.165) is 32.1 Å². The van der Waals surface area contributed by atoms with Crippen molar-refractivity contribution in [2.75, 3.05) is 7.11 Å². The first kappa shape index (κ1) is 15.6. The van der Waals surface area contributed by atoms with E-state index in [4.69, 9.17) is 4.74 Å². The number of ketones is 2. The maximum Gasteiger partial charge on any atom is 0.202 e. The third-order valence-electron chi connectivity index (χ3n) is 7.78. The van der Waals surface area contributed by atoms with Crippen LogP contribution in [0.4, 0.5) is 0 Å². The number of allylic oxidation sites excluding steroid dienone is 1. The van der Waals surface area contributed by atoms with Crippen molar-refractivity contribution in [3.8, 4) is 0 Å². The van der Waals surface area contributed by atoms with Crippen molar-refractivity contribution < 1.29 is 14.3 Å². The Balaban J connectivity index is 1.69. The number of rotatable bonds is 1. The summed E-state index contributed by atoms with van der Waals surface area (Å²) in [6, 6.07) is 0. The third-order valence-corrected chi connectivity index (χ3v) is 7.78. The fraction of sp³-hybridized carbons (Fsp3) is 0.800. The van der Waals surface area contributed by atoms with Crippen LogP contribution in [0.3, 0.4) is 0 Å². The molecule has 0 N–H and O–H groups in total. The molecule has 1 unspecified atom stereocenters. The van der Waals surface area contributed by atoms with Gasteiger partial charge in [0.2, 0.25) is 5.78 Å². The summed E-state index contributed by atoms with van der Waals surface area (Å²) >= 11 is 0. The highest BCUT2D eigenvalue weighted by Gasteiger charge is 2.61. The zero-order chi connectivity index (χ0) is 16.4. The van der Waals surface area contributed by atoms with Crippen LogP contribution < -0.4 is 0 Å². The Morgan fingerprint density at radius 2 is 1.91 bits per heavy atom. The number of methoxy groups -OCH3 is 1. The molecule has 126 valence electrons. The van der Waals surface area contributed by atoms with Gasteiger partial charge in [0.15, 0.2) is 5.78 Å². The average molecular weight is 316 g/mol. The largest absolute Gasteiger partial charge is 0.377 e. The SMILES string of the molecule is COC1C=C2CC[C@H]3[C@@H]4C(=O)C(=O)C[C@@]4(C)CC[C@@H]3[C@@]2(C)CC1. The maximum atomic E-state index is 12.6. The Labute approximate surface area is 138 Å². The maximum absolute atomic E-state index is 12.6. The quantitative estimate of drug-likeness (QED) is 0.547. The van der Waals surface area contributed by atoms with Crippen LogP contribution in [0.15, 0.2) is 11.6 Å². The van der Waals surface area contributed by atoms with E-state index in [9.17, 15) is 9.59 Å². The highest BCUT2D eigenvalue weighted by Crippen LogP contribution is 2.64. The van der Waals surface area contributed by atoms with E-state index >= 15 is 0 Å². The third kappa shape index (κ3) is 2.05. The first-order chi connectivity index (χ1) is 10.9. The second kappa shape index (κ2) is 5.02. The number of carbonyl (C=O) groups excluding carboxylic acids is 2. The van der Waals surface area contributed by atoms with Crippen molar-refractivity contribution >= 4 is 11.6 Å². The van der Waals surface area contributed by atoms with Gasteiger partial charge in [0.25, 0.3) is 0 Å². The molecule has 0 spiro atoms. The molecule has 3 fully saturated rings. The molecule has 0 radical (unpaired) electrons. The first-order valence-electron chi connectivity index (χ1n) is 9.20. The molecule has 4 rings (SSSR count). The number of fused-ring (bicyclic) bond motifs is 5. The fourth-order valence-corrected chi connectivity index (χ4v) is 6.50. The van der Waals surface area contributed by atoms with Crippen molar-refractivity contribution in [2.45, 2.75) is 64.9 Å². The number of hydrogen-bond donors (Lipinski definition) is 0. The van der Waals surface area contributed by atoms with Gasteiger partial charge < -0.3 is 4.74 Å². The predicted molar refractivity (Wildman–Crippen MR) is 87.9 cm³/mol. The molecule has 0 aliphatic heterocycles. The monoisotopic (exact) mass is 316 g/mol. The summed E-state index contributed by atoms with van der Waals surface area (Å²) in [6.45, 7) is 4.59. The van der Waals surface area contributed by atoms with Crippen LogP contribution in [-0.2, 0) is 14.3 Å². The van der Waals surface area contributed by atoms with Gasteiger partial charge in [-0.25, -0.2) is 0 Å². The van der Waals surface area contributed by atoms with E-state index in [0.29, 0.717) is 18.3 Å². The van der Waals surface area contributed by atoms with E-state index in [2.05, 4.69) is 19.9 Å². The predicted octanol–water partition coefficient (Wildman–Crippen LogP) is 3.71. The van der Waals surface area contributed by atoms with Gasteiger partial charge in [0.1, 0.15) is 0 Å². The van der Waals surface area contributed by atoms with Crippen molar-refractivity contribution in [1.29, 1.82) is 0 Å². The Morgan fingerprint density at radius 3 is 2.65 bits per heavy atom. The average Bonchev–Trinajstić information content (AvgIpc) is 2.76. The minimum absolute atomic E-state index is 0.00715. The minimum atomic E-state index is -0.104. The van der Waals surface area contributed by atoms with E-state index in [1.54, 1.807) is 12.7 Å². The Morgan fingerprint density at radius 1 is 1.13 bits per heavy atom. The molecule has 0 aromatic carbocycles. The number of carbonyl (C=O) groups is 2. The van der Waals surface area contributed by atoms with Gasteiger partial charge in [-0.05, 0) is 61.2 Å². The molecule has 4 aliphatic carbocycles. The van der Waals surface area contributed by atoms with E-state index in [1.165, 1.54) is 6.42 Å². The van der Waals surface area contributed by atoms with Gasteiger partial charge in [0.05, 0.1) is 6.10 Å². The lowest BCUT2D eigenvalue weighted by Crippen LogP contribution is -2.51. The van der Waals surface area contributed by atoms with Crippen molar-refractivity contribution in [3.63, 3.8) is 0 Å². The van der Waals surface area contributed by atoms with Gasteiger partial charge in [0, 0.05) is 19.4 Å².